The van der Waals surface area contributed by atoms with E-state index in [0.29, 0.717) is 36.1 Å². The molecule has 5 saturated carbocycles. The number of hydrogen-bond donors (Lipinski definition) is 4. The van der Waals surface area contributed by atoms with Crippen LogP contribution in [0.5, 0.6) is 0 Å². The molecule has 0 aromatic carbocycles. The van der Waals surface area contributed by atoms with Crippen LogP contribution < -0.4 is 10.6 Å². The molecule has 5 aliphatic carbocycles. The third kappa shape index (κ3) is 9.50. The number of hydrogen-bond acceptors (Lipinski definition) is 9. The van der Waals surface area contributed by atoms with Gasteiger partial charge in [-0.2, -0.15) is 5.06 Å². The van der Waals surface area contributed by atoms with Crippen LogP contribution in [-0.2, 0) is 24.0 Å². The monoisotopic (exact) mass is 747 g/mol. The van der Waals surface area contributed by atoms with Crippen LogP contribution in [-0.4, -0.2) is 116 Å². The van der Waals surface area contributed by atoms with Crippen LogP contribution in [0, 0.1) is 64.1 Å². The Labute approximate surface area is 320 Å². The van der Waals surface area contributed by atoms with Gasteiger partial charge in [-0.25, -0.2) is 0 Å². The van der Waals surface area contributed by atoms with E-state index in [9.17, 15) is 24.6 Å². The number of rotatable bonds is 14. The third-order valence-electron chi connectivity index (χ3n) is 14.5. The molecule has 2 amide bonds. The van der Waals surface area contributed by atoms with E-state index in [1.54, 1.807) is 19.1 Å². The fourth-order valence-corrected chi connectivity index (χ4v) is 11.8. The SMILES string of the molecule is COC1C(CN2O[C@@H](CO)[C@@H]([C@H](C)O)[C@H]2C(=O)N[C@H]2C[C@H]3C[C@@H]([C@@H]2C)C3(C)C)CCCC1C1CC(C=O)CC(C(=O)N[C@H](CN(C)C)CC(C)(C)C)C1. The van der Waals surface area contributed by atoms with E-state index >= 15 is 0 Å². The minimum Gasteiger partial charge on any atom is -0.394 e. The number of nitrogens with one attached hydrogen (secondary N) is 2. The molecule has 53 heavy (non-hydrogen) atoms. The Morgan fingerprint density at radius 3 is 2.38 bits per heavy atom. The summed E-state index contributed by atoms with van der Waals surface area (Å²) < 4.78 is 6.33. The summed E-state index contributed by atoms with van der Waals surface area (Å²) in [6, 6.07) is -0.645. The van der Waals surface area contributed by atoms with Gasteiger partial charge in [-0.3, -0.25) is 14.4 Å². The molecule has 4 N–H and O–H groups in total. The predicted molar refractivity (Wildman–Crippen MR) is 205 cm³/mol. The van der Waals surface area contributed by atoms with Gasteiger partial charge in [0.25, 0.3) is 0 Å². The molecule has 0 aromatic heterocycles. The van der Waals surface area contributed by atoms with Crippen LogP contribution in [0.25, 0.3) is 0 Å². The van der Waals surface area contributed by atoms with E-state index in [-0.39, 0.29) is 71.6 Å². The first-order valence-corrected chi connectivity index (χ1v) is 20.8. The number of likely N-dealkylation sites (N-methyl/N-ethyl adjacent to an activating group) is 1. The maximum atomic E-state index is 14.3. The van der Waals surface area contributed by atoms with Gasteiger partial charge in [-0.15, -0.1) is 0 Å². The number of hydroxylamine groups is 2. The number of amides is 2. The van der Waals surface area contributed by atoms with Crippen LogP contribution in [0.15, 0.2) is 0 Å². The molecule has 2 bridgehead atoms. The van der Waals surface area contributed by atoms with Crippen LogP contribution in [0.1, 0.15) is 106 Å². The number of aldehydes is 1. The number of nitrogens with zero attached hydrogens (tertiary/aromatic N) is 2. The van der Waals surface area contributed by atoms with Gasteiger partial charge in [0, 0.05) is 56.0 Å². The summed E-state index contributed by atoms with van der Waals surface area (Å²) in [6.45, 7) is 16.1. The van der Waals surface area contributed by atoms with Gasteiger partial charge in [0.1, 0.15) is 18.4 Å². The lowest BCUT2D eigenvalue weighted by atomic mass is 9.45. The first-order valence-electron chi connectivity index (χ1n) is 20.8. The molecule has 0 aromatic rings. The topological polar surface area (TPSA) is 141 Å². The van der Waals surface area contributed by atoms with Gasteiger partial charge >= 0.3 is 0 Å². The van der Waals surface area contributed by atoms with Gasteiger partial charge in [0.05, 0.1) is 18.8 Å². The minimum absolute atomic E-state index is 0.0241. The van der Waals surface area contributed by atoms with E-state index in [0.717, 1.165) is 57.8 Å². The highest BCUT2D eigenvalue weighted by Crippen LogP contribution is 2.61. The van der Waals surface area contributed by atoms with Crippen molar-refractivity contribution in [2.45, 2.75) is 143 Å². The molecule has 1 saturated heterocycles. The molecule has 11 heteroatoms. The Bertz CT molecular complexity index is 1250. The zero-order chi connectivity index (χ0) is 39.0. The lowest BCUT2D eigenvalue weighted by molar-refractivity contribution is -0.193. The van der Waals surface area contributed by atoms with Crippen LogP contribution in [0.3, 0.4) is 0 Å². The van der Waals surface area contributed by atoms with Crippen molar-refractivity contribution in [3.05, 3.63) is 0 Å². The van der Waals surface area contributed by atoms with E-state index in [2.05, 4.69) is 57.1 Å². The molecule has 1 heterocycles. The van der Waals surface area contributed by atoms with Crippen molar-refractivity contribution in [3.8, 4) is 0 Å². The standard InChI is InChI=1S/C42H74N4O7/c1-24-33-17-30(42(33,6)7)18-34(24)44-40(51)37-36(25(2)49)35(23-48)53-46(37)20-27-12-11-13-32(38(27)52-10)28-14-26(22-47)15-29(16-28)39(50)43-31(21-45(8)9)19-41(3,4)5/h22,24-38,48-49H,11-21,23H2,1-10H3,(H,43,50)(H,44,51)/t24-,25-,26?,27?,28?,29?,30+,31-,32?,33-,34-,35-,36+,37-,38?/m0/s1. The van der Waals surface area contributed by atoms with Crippen molar-refractivity contribution < 1.29 is 34.2 Å². The Kier molecular flexibility index (Phi) is 13.8. The van der Waals surface area contributed by atoms with Gasteiger partial charge < -0.3 is 35.3 Å². The highest BCUT2D eigenvalue weighted by molar-refractivity contribution is 5.83. The summed E-state index contributed by atoms with van der Waals surface area (Å²) in [4.78, 5) is 49.0. The van der Waals surface area contributed by atoms with Crippen LogP contribution >= 0.6 is 0 Å². The quantitative estimate of drug-likeness (QED) is 0.192. The molecule has 6 rings (SSSR count). The van der Waals surface area contributed by atoms with E-state index in [1.807, 2.05) is 14.1 Å². The van der Waals surface area contributed by atoms with Crippen molar-refractivity contribution in [1.29, 1.82) is 0 Å². The summed E-state index contributed by atoms with van der Waals surface area (Å²) in [5, 5.41) is 29.9. The lowest BCUT2D eigenvalue weighted by Crippen LogP contribution is -2.62. The number of carbonyl (C=O) groups is 3. The van der Waals surface area contributed by atoms with Crippen LogP contribution in [0.4, 0.5) is 0 Å². The van der Waals surface area contributed by atoms with Gasteiger partial charge in [-0.1, -0.05) is 48.0 Å². The summed E-state index contributed by atoms with van der Waals surface area (Å²) in [6.07, 6.45) is 7.24. The molecular weight excluding hydrogens is 672 g/mol. The number of aliphatic hydroxyl groups excluding tert-OH is 2. The Morgan fingerprint density at radius 1 is 1.09 bits per heavy atom. The number of carbonyl (C=O) groups excluding carboxylic acids is 3. The van der Waals surface area contributed by atoms with Crippen molar-refractivity contribution >= 4 is 18.1 Å². The molecule has 6 fully saturated rings. The summed E-state index contributed by atoms with van der Waals surface area (Å²) in [5.74, 6) is 0.774. The average molecular weight is 747 g/mol. The van der Waals surface area contributed by atoms with Crippen molar-refractivity contribution in [3.63, 3.8) is 0 Å². The van der Waals surface area contributed by atoms with Gasteiger partial charge in [0.15, 0.2) is 0 Å². The lowest BCUT2D eigenvalue weighted by Gasteiger charge is -2.62. The van der Waals surface area contributed by atoms with Crippen molar-refractivity contribution in [2.75, 3.05) is 40.9 Å². The maximum Gasteiger partial charge on any atom is 0.240 e. The Hall–Kier alpha value is -1.63. The molecule has 1 aliphatic heterocycles. The zero-order valence-corrected chi connectivity index (χ0v) is 34.6. The van der Waals surface area contributed by atoms with E-state index < -0.39 is 24.2 Å². The zero-order valence-electron chi connectivity index (χ0n) is 34.6. The second-order valence-corrected chi connectivity index (χ2v) is 20.1. The fraction of sp³-hybridized carbons (Fsp3) is 0.929. The van der Waals surface area contributed by atoms with E-state index in [4.69, 9.17) is 9.57 Å². The largest absolute Gasteiger partial charge is 0.394 e. The molecule has 15 atom stereocenters. The maximum absolute atomic E-state index is 14.3. The molecular formula is C42H74N4O7. The third-order valence-corrected chi connectivity index (χ3v) is 14.5. The van der Waals surface area contributed by atoms with Crippen LogP contribution in [0.2, 0.25) is 0 Å². The van der Waals surface area contributed by atoms with Gasteiger partial charge in [0.2, 0.25) is 11.8 Å². The predicted octanol–water partition coefficient (Wildman–Crippen LogP) is 4.29. The smallest absolute Gasteiger partial charge is 0.240 e. The second-order valence-electron chi connectivity index (χ2n) is 20.1. The minimum atomic E-state index is -0.854. The van der Waals surface area contributed by atoms with Crippen molar-refractivity contribution in [2.24, 2.45) is 64.1 Å². The highest BCUT2D eigenvalue weighted by Gasteiger charge is 2.58. The number of methoxy groups -OCH3 is 1. The first-order chi connectivity index (χ1) is 24.9. The van der Waals surface area contributed by atoms with Crippen molar-refractivity contribution in [1.82, 2.24) is 20.6 Å². The number of aliphatic hydroxyl groups is 2. The summed E-state index contributed by atoms with van der Waals surface area (Å²) in [5.41, 5.74) is 0.364. The number of ether oxygens (including phenoxy) is 1. The van der Waals surface area contributed by atoms with E-state index in [1.165, 1.54) is 6.42 Å². The normalized spacial score (nSPS) is 39.9. The Balaban J connectivity index is 1.30. The molecule has 6 aliphatic rings. The Morgan fingerprint density at radius 2 is 1.81 bits per heavy atom. The fourth-order valence-electron chi connectivity index (χ4n) is 11.8. The number of fused-ring (bicyclic) bond motifs is 2. The highest BCUT2D eigenvalue weighted by atomic mass is 16.7. The average Bonchev–Trinajstić information content (AvgIpc) is 3.46. The molecule has 0 spiro atoms. The molecule has 11 nitrogen and oxygen atoms in total. The molecule has 0 radical (unpaired) electrons. The summed E-state index contributed by atoms with van der Waals surface area (Å²) in [7, 11) is 5.81. The first kappa shape index (κ1) is 42.5. The van der Waals surface area contributed by atoms with Gasteiger partial charge in [-0.05, 0) is 113 Å². The summed E-state index contributed by atoms with van der Waals surface area (Å²) >= 11 is 0. The second kappa shape index (κ2) is 17.2. The molecule has 304 valence electrons. The molecule has 6 unspecified atom stereocenters.